The third kappa shape index (κ3) is 3.90. The van der Waals surface area contributed by atoms with Crippen molar-refractivity contribution in [2.45, 2.75) is 19.5 Å². The monoisotopic (exact) mass is 269 g/mol. The number of hydrogen-bond acceptors (Lipinski definition) is 3. The molecule has 0 fully saturated rings. The van der Waals surface area contributed by atoms with Gasteiger partial charge < -0.3 is 10.6 Å². The Labute approximate surface area is 119 Å². The summed E-state index contributed by atoms with van der Waals surface area (Å²) in [5.74, 6) is 0.0920. The minimum atomic E-state index is 0.0920. The highest BCUT2D eigenvalue weighted by Crippen LogP contribution is 2.08. The predicted molar refractivity (Wildman–Crippen MR) is 78.7 cm³/mol. The van der Waals surface area contributed by atoms with Gasteiger partial charge in [-0.15, -0.1) is 0 Å². The predicted octanol–water partition coefficient (Wildman–Crippen LogP) is 1.74. The number of rotatable bonds is 5. The molecule has 0 spiro atoms. The first-order valence-electron chi connectivity index (χ1n) is 6.60. The van der Waals surface area contributed by atoms with Crippen molar-refractivity contribution in [2.24, 2.45) is 5.73 Å². The molecule has 0 unspecified atom stereocenters. The van der Waals surface area contributed by atoms with Crippen LogP contribution < -0.4 is 5.73 Å². The third-order valence-corrected chi connectivity index (χ3v) is 3.18. The number of pyridine rings is 1. The molecule has 2 N–H and O–H groups in total. The van der Waals surface area contributed by atoms with Crippen LogP contribution in [0.15, 0.2) is 48.8 Å². The highest BCUT2D eigenvalue weighted by Gasteiger charge is 2.10. The minimum Gasteiger partial charge on any atom is -0.341 e. The van der Waals surface area contributed by atoms with Gasteiger partial charge in [0.05, 0.1) is 6.42 Å². The average molecular weight is 269 g/mol. The van der Waals surface area contributed by atoms with E-state index in [9.17, 15) is 4.79 Å². The molecule has 1 aromatic carbocycles. The van der Waals surface area contributed by atoms with Gasteiger partial charge >= 0.3 is 0 Å². The highest BCUT2D eigenvalue weighted by atomic mass is 16.2. The van der Waals surface area contributed by atoms with E-state index in [1.807, 2.05) is 43.4 Å². The maximum atomic E-state index is 12.2. The molecule has 1 aromatic heterocycles. The molecular formula is C16H19N3O. The molecule has 0 saturated carbocycles. The van der Waals surface area contributed by atoms with E-state index in [2.05, 4.69) is 4.98 Å². The van der Waals surface area contributed by atoms with E-state index in [0.717, 1.165) is 16.7 Å². The Bertz CT molecular complexity index is 552. The van der Waals surface area contributed by atoms with Crippen molar-refractivity contribution in [1.29, 1.82) is 0 Å². The summed E-state index contributed by atoms with van der Waals surface area (Å²) in [5.41, 5.74) is 8.66. The van der Waals surface area contributed by atoms with Crippen molar-refractivity contribution in [3.05, 3.63) is 65.5 Å². The van der Waals surface area contributed by atoms with Crippen molar-refractivity contribution >= 4 is 5.91 Å². The molecule has 0 aliphatic carbocycles. The van der Waals surface area contributed by atoms with Gasteiger partial charge in [-0.3, -0.25) is 9.78 Å². The van der Waals surface area contributed by atoms with E-state index in [1.54, 1.807) is 17.3 Å². The Kier molecular flexibility index (Phi) is 4.85. The molecule has 0 atom stereocenters. The fourth-order valence-corrected chi connectivity index (χ4v) is 1.96. The van der Waals surface area contributed by atoms with Crippen LogP contribution in [0, 0.1) is 0 Å². The van der Waals surface area contributed by atoms with Crippen LogP contribution in [0.5, 0.6) is 0 Å². The van der Waals surface area contributed by atoms with Crippen LogP contribution in [0.4, 0.5) is 0 Å². The van der Waals surface area contributed by atoms with E-state index >= 15 is 0 Å². The lowest BCUT2D eigenvalue weighted by Crippen LogP contribution is -2.27. The summed E-state index contributed by atoms with van der Waals surface area (Å²) >= 11 is 0. The third-order valence-electron chi connectivity index (χ3n) is 3.18. The van der Waals surface area contributed by atoms with Gasteiger partial charge in [-0.1, -0.05) is 30.3 Å². The van der Waals surface area contributed by atoms with Crippen molar-refractivity contribution in [3.8, 4) is 0 Å². The molecule has 0 aliphatic rings. The largest absolute Gasteiger partial charge is 0.341 e. The number of carbonyl (C=O) groups excluding carboxylic acids is 1. The molecule has 0 aliphatic heterocycles. The van der Waals surface area contributed by atoms with E-state index in [0.29, 0.717) is 19.5 Å². The van der Waals surface area contributed by atoms with E-state index < -0.39 is 0 Å². The summed E-state index contributed by atoms with van der Waals surface area (Å²) in [4.78, 5) is 17.9. The normalized spacial score (nSPS) is 10.3. The maximum Gasteiger partial charge on any atom is 0.227 e. The summed E-state index contributed by atoms with van der Waals surface area (Å²) in [6.45, 7) is 1.10. The molecule has 2 aromatic rings. The zero-order valence-corrected chi connectivity index (χ0v) is 11.6. The van der Waals surface area contributed by atoms with Crippen LogP contribution in [-0.4, -0.2) is 22.8 Å². The Hall–Kier alpha value is -2.20. The number of hydrogen-bond donors (Lipinski definition) is 1. The first-order chi connectivity index (χ1) is 9.69. The summed E-state index contributed by atoms with van der Waals surface area (Å²) < 4.78 is 0. The van der Waals surface area contributed by atoms with Gasteiger partial charge in [-0.05, 0) is 22.8 Å². The zero-order chi connectivity index (χ0) is 14.4. The molecule has 0 radical (unpaired) electrons. The van der Waals surface area contributed by atoms with Crippen molar-refractivity contribution in [2.75, 3.05) is 7.05 Å². The lowest BCUT2D eigenvalue weighted by molar-refractivity contribution is -0.129. The smallest absolute Gasteiger partial charge is 0.227 e. The number of carbonyl (C=O) groups is 1. The molecule has 4 heteroatoms. The topological polar surface area (TPSA) is 59.2 Å². The molecule has 4 nitrogen and oxygen atoms in total. The van der Waals surface area contributed by atoms with Crippen LogP contribution in [0.2, 0.25) is 0 Å². The SMILES string of the molecule is CN(Cc1cccnc1)C(=O)Cc1ccc(CN)cc1. The van der Waals surface area contributed by atoms with Gasteiger partial charge in [0.2, 0.25) is 5.91 Å². The fraction of sp³-hybridized carbons (Fsp3) is 0.250. The molecule has 0 bridgehead atoms. The fourth-order valence-electron chi connectivity index (χ4n) is 1.96. The number of likely N-dealkylation sites (N-methyl/N-ethyl adjacent to an activating group) is 1. The zero-order valence-electron chi connectivity index (χ0n) is 11.6. The Morgan fingerprint density at radius 2 is 1.85 bits per heavy atom. The van der Waals surface area contributed by atoms with E-state index in [1.165, 1.54) is 0 Å². The standard InChI is InChI=1S/C16H19N3O/c1-19(12-15-3-2-8-18-11-15)16(20)9-13-4-6-14(10-17)7-5-13/h2-8,11H,9-10,12,17H2,1H3. The van der Waals surface area contributed by atoms with E-state index in [-0.39, 0.29) is 5.91 Å². The molecule has 104 valence electrons. The van der Waals surface area contributed by atoms with Gasteiger partial charge in [0.25, 0.3) is 0 Å². The number of nitrogens with two attached hydrogens (primary N) is 1. The minimum absolute atomic E-state index is 0.0920. The Balaban J connectivity index is 1.93. The van der Waals surface area contributed by atoms with Crippen LogP contribution in [0.3, 0.4) is 0 Å². The Morgan fingerprint density at radius 3 is 2.45 bits per heavy atom. The second-order valence-corrected chi connectivity index (χ2v) is 4.81. The van der Waals surface area contributed by atoms with Crippen LogP contribution in [0.1, 0.15) is 16.7 Å². The van der Waals surface area contributed by atoms with Gasteiger partial charge in [0.15, 0.2) is 0 Å². The number of amides is 1. The molecule has 2 rings (SSSR count). The molecular weight excluding hydrogens is 250 g/mol. The maximum absolute atomic E-state index is 12.2. The second kappa shape index (κ2) is 6.82. The summed E-state index contributed by atoms with van der Waals surface area (Å²) in [6, 6.07) is 11.7. The average Bonchev–Trinajstić information content (AvgIpc) is 2.49. The van der Waals surface area contributed by atoms with Crippen molar-refractivity contribution in [3.63, 3.8) is 0 Å². The number of aromatic nitrogens is 1. The number of benzene rings is 1. The van der Waals surface area contributed by atoms with Crippen LogP contribution in [-0.2, 0) is 24.3 Å². The van der Waals surface area contributed by atoms with Gasteiger partial charge in [0.1, 0.15) is 0 Å². The van der Waals surface area contributed by atoms with E-state index in [4.69, 9.17) is 5.73 Å². The van der Waals surface area contributed by atoms with Crippen molar-refractivity contribution < 1.29 is 4.79 Å². The van der Waals surface area contributed by atoms with Crippen molar-refractivity contribution in [1.82, 2.24) is 9.88 Å². The lowest BCUT2D eigenvalue weighted by atomic mass is 10.1. The molecule has 20 heavy (non-hydrogen) atoms. The van der Waals surface area contributed by atoms with Gasteiger partial charge in [0, 0.05) is 32.5 Å². The first kappa shape index (κ1) is 14.2. The molecule has 1 heterocycles. The van der Waals surface area contributed by atoms with Gasteiger partial charge in [-0.2, -0.15) is 0 Å². The number of nitrogens with zero attached hydrogens (tertiary/aromatic N) is 2. The molecule has 1 amide bonds. The summed E-state index contributed by atoms with van der Waals surface area (Å²) in [7, 11) is 1.81. The summed E-state index contributed by atoms with van der Waals surface area (Å²) in [5, 5.41) is 0. The quantitative estimate of drug-likeness (QED) is 0.899. The van der Waals surface area contributed by atoms with Gasteiger partial charge in [-0.25, -0.2) is 0 Å². The first-order valence-corrected chi connectivity index (χ1v) is 6.60. The highest BCUT2D eigenvalue weighted by molar-refractivity contribution is 5.78. The Morgan fingerprint density at radius 1 is 1.15 bits per heavy atom. The van der Waals surface area contributed by atoms with Crippen LogP contribution >= 0.6 is 0 Å². The molecule has 0 saturated heterocycles. The second-order valence-electron chi connectivity index (χ2n) is 4.81. The lowest BCUT2D eigenvalue weighted by Gasteiger charge is -2.17. The summed E-state index contributed by atoms with van der Waals surface area (Å²) in [6.07, 6.45) is 3.91. The van der Waals surface area contributed by atoms with Crippen LogP contribution in [0.25, 0.3) is 0 Å².